The molecule has 0 aliphatic carbocycles. The number of carbonyl (C=O) groups is 1. The molecule has 5 nitrogen and oxygen atoms in total. The second-order valence-electron chi connectivity index (χ2n) is 5.49. The number of nitrogens with one attached hydrogen (secondary N) is 2. The quantitative estimate of drug-likeness (QED) is 0.533. The molecule has 2 aromatic heterocycles. The molecule has 0 aliphatic rings. The van der Waals surface area contributed by atoms with Gasteiger partial charge in [0.1, 0.15) is 5.82 Å². The van der Waals surface area contributed by atoms with Crippen LogP contribution < -0.4 is 5.32 Å². The maximum atomic E-state index is 12.5. The van der Waals surface area contributed by atoms with Crippen LogP contribution in [0.3, 0.4) is 0 Å². The van der Waals surface area contributed by atoms with E-state index in [1.165, 1.54) is 6.20 Å². The summed E-state index contributed by atoms with van der Waals surface area (Å²) in [6.07, 6.45) is 3.17. The summed E-state index contributed by atoms with van der Waals surface area (Å²) < 4.78 is 0.755. The fourth-order valence-electron chi connectivity index (χ4n) is 2.61. The zero-order chi connectivity index (χ0) is 17.2. The lowest BCUT2D eigenvalue weighted by Crippen LogP contribution is -2.13. The Hall–Kier alpha value is -2.99. The zero-order valence-corrected chi connectivity index (χ0v) is 14.6. The van der Waals surface area contributed by atoms with Crippen molar-refractivity contribution >= 4 is 38.6 Å². The molecule has 6 heteroatoms. The van der Waals surface area contributed by atoms with Gasteiger partial charge in [-0.25, -0.2) is 4.98 Å². The molecular weight excluding hydrogens is 380 g/mol. The number of carbonyl (C=O) groups excluding carboxylic acids is 1. The van der Waals surface area contributed by atoms with Gasteiger partial charge in [0.2, 0.25) is 0 Å². The summed E-state index contributed by atoms with van der Waals surface area (Å²) in [4.78, 5) is 24.5. The van der Waals surface area contributed by atoms with Gasteiger partial charge in [-0.1, -0.05) is 24.3 Å². The predicted molar refractivity (Wildman–Crippen MR) is 101 cm³/mol. The Morgan fingerprint density at radius 2 is 1.84 bits per heavy atom. The number of amides is 1. The smallest absolute Gasteiger partial charge is 0.257 e. The predicted octanol–water partition coefficient (Wildman–Crippen LogP) is 4.64. The van der Waals surface area contributed by atoms with Crippen molar-refractivity contribution in [3.05, 3.63) is 77.0 Å². The number of aromatic amines is 1. The van der Waals surface area contributed by atoms with Crippen molar-refractivity contribution in [2.75, 3.05) is 5.32 Å². The van der Waals surface area contributed by atoms with Crippen LogP contribution in [-0.4, -0.2) is 20.9 Å². The van der Waals surface area contributed by atoms with Gasteiger partial charge in [-0.05, 0) is 46.3 Å². The van der Waals surface area contributed by atoms with Gasteiger partial charge in [0.05, 0.1) is 22.3 Å². The molecule has 4 rings (SSSR count). The Bertz CT molecular complexity index is 1040. The van der Waals surface area contributed by atoms with Gasteiger partial charge in [-0.3, -0.25) is 9.78 Å². The van der Waals surface area contributed by atoms with Crippen LogP contribution in [0.4, 0.5) is 5.69 Å². The minimum atomic E-state index is -0.225. The molecule has 0 radical (unpaired) electrons. The number of nitrogens with zero attached hydrogens (tertiary/aromatic N) is 2. The minimum Gasteiger partial charge on any atom is -0.338 e. The lowest BCUT2D eigenvalue weighted by Gasteiger charge is -2.09. The third-order valence-corrected chi connectivity index (χ3v) is 4.22. The Morgan fingerprint density at radius 3 is 2.68 bits per heavy atom. The third-order valence-electron chi connectivity index (χ3n) is 3.79. The molecule has 1 amide bonds. The number of hydrogen-bond acceptors (Lipinski definition) is 3. The van der Waals surface area contributed by atoms with Crippen molar-refractivity contribution in [2.24, 2.45) is 0 Å². The van der Waals surface area contributed by atoms with Gasteiger partial charge in [0.25, 0.3) is 5.91 Å². The van der Waals surface area contributed by atoms with E-state index >= 15 is 0 Å². The maximum absolute atomic E-state index is 12.5. The number of rotatable bonds is 3. The summed E-state index contributed by atoms with van der Waals surface area (Å²) in [7, 11) is 0. The molecule has 122 valence electrons. The number of H-pyrrole nitrogens is 1. The van der Waals surface area contributed by atoms with Crippen LogP contribution in [0.2, 0.25) is 0 Å². The zero-order valence-electron chi connectivity index (χ0n) is 13.0. The first-order valence-corrected chi connectivity index (χ1v) is 8.46. The largest absolute Gasteiger partial charge is 0.338 e. The SMILES string of the molecule is O=C(Nc1ccccc1-c1nc2ccccc2[nH]1)c1cncc(Br)c1. The molecule has 2 aromatic carbocycles. The van der Waals surface area contributed by atoms with E-state index in [4.69, 9.17) is 0 Å². The molecule has 25 heavy (non-hydrogen) atoms. The number of benzene rings is 2. The molecule has 0 unspecified atom stereocenters. The third kappa shape index (κ3) is 3.16. The van der Waals surface area contributed by atoms with Crippen LogP contribution in [0, 0.1) is 0 Å². The molecule has 4 aromatic rings. The minimum absolute atomic E-state index is 0.225. The highest BCUT2D eigenvalue weighted by atomic mass is 79.9. The number of aromatic nitrogens is 3. The highest BCUT2D eigenvalue weighted by molar-refractivity contribution is 9.10. The highest BCUT2D eigenvalue weighted by Crippen LogP contribution is 2.28. The van der Waals surface area contributed by atoms with E-state index in [-0.39, 0.29) is 5.91 Å². The number of pyridine rings is 1. The summed E-state index contributed by atoms with van der Waals surface area (Å²) in [6.45, 7) is 0. The van der Waals surface area contributed by atoms with Gasteiger partial charge < -0.3 is 10.3 Å². The van der Waals surface area contributed by atoms with Crippen LogP contribution in [0.1, 0.15) is 10.4 Å². The van der Waals surface area contributed by atoms with Crippen LogP contribution in [0.5, 0.6) is 0 Å². The normalized spacial score (nSPS) is 10.8. The molecular formula is C19H13BrN4O. The molecule has 0 aliphatic heterocycles. The Morgan fingerprint density at radius 1 is 1.04 bits per heavy atom. The highest BCUT2D eigenvalue weighted by Gasteiger charge is 2.13. The average Bonchev–Trinajstić information content (AvgIpc) is 3.06. The molecule has 0 spiro atoms. The summed E-state index contributed by atoms with van der Waals surface area (Å²) in [5.74, 6) is 0.488. The number of fused-ring (bicyclic) bond motifs is 1. The summed E-state index contributed by atoms with van der Waals surface area (Å²) >= 11 is 3.33. The summed E-state index contributed by atoms with van der Waals surface area (Å²) in [5, 5.41) is 2.94. The van der Waals surface area contributed by atoms with E-state index in [1.807, 2.05) is 48.5 Å². The van der Waals surface area contributed by atoms with Crippen molar-refractivity contribution in [2.45, 2.75) is 0 Å². The molecule has 2 N–H and O–H groups in total. The monoisotopic (exact) mass is 392 g/mol. The van der Waals surface area contributed by atoms with E-state index in [0.29, 0.717) is 17.1 Å². The molecule has 0 saturated heterocycles. The first-order valence-electron chi connectivity index (χ1n) is 7.67. The lowest BCUT2D eigenvalue weighted by molar-refractivity contribution is 0.102. The molecule has 0 saturated carbocycles. The number of imidazole rings is 1. The van der Waals surface area contributed by atoms with Crippen molar-refractivity contribution in [3.8, 4) is 11.4 Å². The van der Waals surface area contributed by atoms with Gasteiger partial charge in [0.15, 0.2) is 0 Å². The summed E-state index contributed by atoms with van der Waals surface area (Å²) in [6, 6.07) is 17.1. The standard InChI is InChI=1S/C19H13BrN4O/c20-13-9-12(10-21-11-13)19(25)24-15-6-2-1-5-14(15)18-22-16-7-3-4-8-17(16)23-18/h1-11H,(H,22,23)(H,24,25). The van der Waals surface area contributed by atoms with Crippen LogP contribution >= 0.6 is 15.9 Å². The van der Waals surface area contributed by atoms with Crippen LogP contribution in [0.25, 0.3) is 22.4 Å². The van der Waals surface area contributed by atoms with E-state index in [9.17, 15) is 4.79 Å². The van der Waals surface area contributed by atoms with Crippen molar-refractivity contribution in [3.63, 3.8) is 0 Å². The number of anilines is 1. The second-order valence-corrected chi connectivity index (χ2v) is 6.41. The first kappa shape index (κ1) is 15.5. The van der Waals surface area contributed by atoms with Crippen molar-refractivity contribution in [1.29, 1.82) is 0 Å². The van der Waals surface area contributed by atoms with Crippen molar-refractivity contribution in [1.82, 2.24) is 15.0 Å². The van der Waals surface area contributed by atoms with Crippen molar-refractivity contribution < 1.29 is 4.79 Å². The fraction of sp³-hybridized carbons (Fsp3) is 0. The lowest BCUT2D eigenvalue weighted by atomic mass is 10.1. The average molecular weight is 393 g/mol. The van der Waals surface area contributed by atoms with Crippen LogP contribution in [0.15, 0.2) is 71.5 Å². The number of para-hydroxylation sites is 3. The Kier molecular flexibility index (Phi) is 4.03. The Labute approximate surface area is 152 Å². The van der Waals surface area contributed by atoms with Gasteiger partial charge in [-0.2, -0.15) is 0 Å². The number of hydrogen-bond donors (Lipinski definition) is 2. The van der Waals surface area contributed by atoms with E-state index in [0.717, 1.165) is 21.1 Å². The Balaban J connectivity index is 1.70. The molecule has 0 fully saturated rings. The molecule has 2 heterocycles. The molecule has 0 atom stereocenters. The molecule has 0 bridgehead atoms. The van der Waals surface area contributed by atoms with Gasteiger partial charge in [-0.15, -0.1) is 0 Å². The van der Waals surface area contributed by atoms with E-state index in [1.54, 1.807) is 12.3 Å². The van der Waals surface area contributed by atoms with E-state index < -0.39 is 0 Å². The van der Waals surface area contributed by atoms with E-state index in [2.05, 4.69) is 36.2 Å². The fourth-order valence-corrected chi connectivity index (χ4v) is 2.97. The maximum Gasteiger partial charge on any atom is 0.257 e. The summed E-state index contributed by atoms with van der Waals surface area (Å²) in [5.41, 5.74) is 3.83. The topological polar surface area (TPSA) is 70.7 Å². The number of halogens is 1. The van der Waals surface area contributed by atoms with Gasteiger partial charge in [0, 0.05) is 22.4 Å². The second kappa shape index (κ2) is 6.49. The van der Waals surface area contributed by atoms with Gasteiger partial charge >= 0.3 is 0 Å². The first-order chi connectivity index (χ1) is 12.2. The van der Waals surface area contributed by atoms with Crippen LogP contribution in [-0.2, 0) is 0 Å².